The van der Waals surface area contributed by atoms with Gasteiger partial charge in [-0.25, -0.2) is 8.42 Å². The number of hydrogen-bond acceptors (Lipinski definition) is 4. The van der Waals surface area contributed by atoms with Crippen molar-refractivity contribution < 1.29 is 13.5 Å². The zero-order chi connectivity index (χ0) is 11.1. The van der Waals surface area contributed by atoms with Crippen LogP contribution in [0, 0.1) is 0 Å². The van der Waals surface area contributed by atoms with Gasteiger partial charge in [-0.05, 0) is 24.8 Å². The van der Waals surface area contributed by atoms with Crippen LogP contribution in [0.25, 0.3) is 6.08 Å². The fourth-order valence-corrected chi connectivity index (χ4v) is 3.31. The van der Waals surface area contributed by atoms with Crippen LogP contribution in [-0.4, -0.2) is 27.1 Å². The van der Waals surface area contributed by atoms with E-state index in [0.717, 1.165) is 0 Å². The lowest BCUT2D eigenvalue weighted by Gasteiger charge is -2.04. The predicted octanol–water partition coefficient (Wildman–Crippen LogP) is 0.740. The third kappa shape index (κ3) is 1.44. The molecule has 0 saturated heterocycles. The largest absolute Gasteiger partial charge is 0.507 e. The highest BCUT2D eigenvalue weighted by Crippen LogP contribution is 2.37. The molecule has 0 radical (unpaired) electrons. The molecule has 0 fully saturated rings. The monoisotopic (exact) mass is 225 g/mol. The van der Waals surface area contributed by atoms with Crippen molar-refractivity contribution in [1.29, 1.82) is 0 Å². The highest BCUT2D eigenvalue weighted by Gasteiger charge is 2.31. The van der Waals surface area contributed by atoms with Crippen molar-refractivity contribution in [1.82, 2.24) is 5.32 Å². The van der Waals surface area contributed by atoms with E-state index in [1.54, 1.807) is 25.3 Å². The van der Waals surface area contributed by atoms with E-state index in [9.17, 15) is 13.5 Å². The van der Waals surface area contributed by atoms with Gasteiger partial charge in [-0.15, -0.1) is 0 Å². The van der Waals surface area contributed by atoms with Crippen LogP contribution in [0.3, 0.4) is 0 Å². The Morgan fingerprint density at radius 1 is 1.40 bits per heavy atom. The van der Waals surface area contributed by atoms with Gasteiger partial charge in [0.1, 0.15) is 10.6 Å². The minimum absolute atomic E-state index is 0.0234. The molecule has 0 bridgehead atoms. The highest BCUT2D eigenvalue weighted by atomic mass is 32.2. The van der Waals surface area contributed by atoms with E-state index in [1.165, 1.54) is 6.07 Å². The molecule has 0 atom stereocenters. The zero-order valence-electron chi connectivity index (χ0n) is 8.19. The maximum absolute atomic E-state index is 11.9. The number of fused-ring (bicyclic) bond motifs is 1. The molecule has 0 aliphatic carbocycles. The molecule has 0 spiro atoms. The number of hydrogen-bond donors (Lipinski definition) is 2. The molecule has 0 unspecified atom stereocenters. The fraction of sp³-hybridized carbons (Fsp3) is 0.200. The van der Waals surface area contributed by atoms with E-state index in [4.69, 9.17) is 0 Å². The molecule has 1 aromatic carbocycles. The first-order valence-corrected chi connectivity index (χ1v) is 5.98. The number of benzene rings is 1. The molecule has 0 amide bonds. The topological polar surface area (TPSA) is 66.4 Å². The van der Waals surface area contributed by atoms with Gasteiger partial charge >= 0.3 is 0 Å². The Morgan fingerprint density at radius 3 is 2.73 bits per heavy atom. The van der Waals surface area contributed by atoms with Crippen molar-refractivity contribution in [2.45, 2.75) is 4.90 Å². The van der Waals surface area contributed by atoms with E-state index >= 15 is 0 Å². The number of phenols is 1. The first-order chi connectivity index (χ1) is 7.07. The number of nitrogens with one attached hydrogen (secondary N) is 1. The molecule has 1 aromatic rings. The van der Waals surface area contributed by atoms with Crippen molar-refractivity contribution in [3.63, 3.8) is 0 Å². The summed E-state index contributed by atoms with van der Waals surface area (Å²) in [5.74, 6) is -0.185. The average Bonchev–Trinajstić information content (AvgIpc) is 2.40. The number of likely N-dealkylation sites (N-methyl/N-ethyl adjacent to an activating group) is 1. The lowest BCUT2D eigenvalue weighted by molar-refractivity contribution is 0.459. The van der Waals surface area contributed by atoms with Crippen molar-refractivity contribution in [2.75, 3.05) is 13.6 Å². The van der Waals surface area contributed by atoms with Crippen LogP contribution < -0.4 is 5.32 Å². The third-order valence-electron chi connectivity index (χ3n) is 2.31. The molecule has 2 N–H and O–H groups in total. The van der Waals surface area contributed by atoms with Gasteiger partial charge in [-0.1, -0.05) is 12.1 Å². The Balaban J connectivity index is 2.64. The lowest BCUT2D eigenvalue weighted by atomic mass is 10.2. The molecule has 4 nitrogen and oxygen atoms in total. The molecule has 5 heteroatoms. The molecule has 1 aliphatic heterocycles. The summed E-state index contributed by atoms with van der Waals surface area (Å²) in [5.41, 5.74) is 0.556. The van der Waals surface area contributed by atoms with Gasteiger partial charge in [-0.2, -0.15) is 0 Å². The van der Waals surface area contributed by atoms with E-state index in [2.05, 4.69) is 5.32 Å². The van der Waals surface area contributed by atoms with E-state index in [0.29, 0.717) is 10.5 Å². The van der Waals surface area contributed by atoms with Crippen LogP contribution in [0.1, 0.15) is 5.56 Å². The summed E-state index contributed by atoms with van der Waals surface area (Å²) in [7, 11) is -1.81. The maximum Gasteiger partial charge on any atom is 0.208 e. The Kier molecular flexibility index (Phi) is 2.28. The summed E-state index contributed by atoms with van der Waals surface area (Å²) in [6, 6.07) is 4.68. The van der Waals surface area contributed by atoms with Gasteiger partial charge in [0.25, 0.3) is 0 Å². The van der Waals surface area contributed by atoms with E-state index in [1.807, 2.05) is 0 Å². The molecule has 15 heavy (non-hydrogen) atoms. The number of rotatable bonds is 2. The Labute approximate surface area is 88.2 Å². The molecule has 2 rings (SSSR count). The molecule has 0 saturated carbocycles. The number of phenolic OH excluding ortho intramolecular Hbond substituents is 1. The molecule has 1 aliphatic rings. The van der Waals surface area contributed by atoms with Crippen LogP contribution >= 0.6 is 0 Å². The first-order valence-electron chi connectivity index (χ1n) is 4.49. The zero-order valence-corrected chi connectivity index (χ0v) is 9.00. The molecular weight excluding hydrogens is 214 g/mol. The number of sulfone groups is 1. The molecule has 80 valence electrons. The average molecular weight is 225 g/mol. The summed E-state index contributed by atoms with van der Waals surface area (Å²) in [6.45, 7) is 0.274. The summed E-state index contributed by atoms with van der Waals surface area (Å²) in [4.78, 5) is 0.316. The van der Waals surface area contributed by atoms with Crippen LogP contribution in [0.15, 0.2) is 28.0 Å². The van der Waals surface area contributed by atoms with Crippen molar-refractivity contribution in [3.8, 4) is 5.75 Å². The van der Waals surface area contributed by atoms with Crippen molar-refractivity contribution in [3.05, 3.63) is 28.7 Å². The van der Waals surface area contributed by atoms with Crippen LogP contribution in [0.2, 0.25) is 0 Å². The summed E-state index contributed by atoms with van der Waals surface area (Å²) in [5, 5.41) is 12.3. The fourth-order valence-electron chi connectivity index (χ4n) is 1.65. The second-order valence-electron chi connectivity index (χ2n) is 3.34. The van der Waals surface area contributed by atoms with Crippen LogP contribution in [0.4, 0.5) is 0 Å². The smallest absolute Gasteiger partial charge is 0.208 e. The Morgan fingerprint density at radius 2 is 2.13 bits per heavy atom. The third-order valence-corrected chi connectivity index (χ3v) is 4.24. The van der Waals surface area contributed by atoms with Gasteiger partial charge in [0.05, 0.1) is 4.91 Å². The van der Waals surface area contributed by atoms with Gasteiger partial charge in [0.15, 0.2) is 0 Å². The standard InChI is InChI=1S/C10H11NO3S/c1-11-6-8-5-7-3-2-4-9(12)10(7)15(8,13)14/h2-5,11-12H,6H2,1H3. The first kappa shape index (κ1) is 10.2. The van der Waals surface area contributed by atoms with Gasteiger partial charge in [-0.3, -0.25) is 0 Å². The Bertz CT molecular complexity index is 532. The molecular formula is C10H11NO3S. The normalized spacial score (nSPS) is 17.3. The second kappa shape index (κ2) is 3.36. The summed E-state index contributed by atoms with van der Waals surface area (Å²) in [6.07, 6.45) is 1.58. The quantitative estimate of drug-likeness (QED) is 0.779. The minimum Gasteiger partial charge on any atom is -0.507 e. The van der Waals surface area contributed by atoms with Gasteiger partial charge in [0, 0.05) is 6.54 Å². The van der Waals surface area contributed by atoms with Crippen molar-refractivity contribution >= 4 is 15.9 Å². The van der Waals surface area contributed by atoms with Crippen molar-refractivity contribution in [2.24, 2.45) is 0 Å². The number of aromatic hydroxyl groups is 1. The lowest BCUT2D eigenvalue weighted by Crippen LogP contribution is -2.15. The second-order valence-corrected chi connectivity index (χ2v) is 5.28. The highest BCUT2D eigenvalue weighted by molar-refractivity contribution is 7.96. The predicted molar refractivity (Wildman–Crippen MR) is 57.2 cm³/mol. The molecule has 1 heterocycles. The van der Waals surface area contributed by atoms with Crippen LogP contribution in [-0.2, 0) is 9.84 Å². The summed E-state index contributed by atoms with van der Waals surface area (Å²) < 4.78 is 23.9. The van der Waals surface area contributed by atoms with E-state index in [-0.39, 0.29) is 17.2 Å². The minimum atomic E-state index is -3.49. The van der Waals surface area contributed by atoms with Crippen LogP contribution in [0.5, 0.6) is 5.75 Å². The Hall–Kier alpha value is -1.33. The molecule has 0 aromatic heterocycles. The SMILES string of the molecule is CNCC1=Cc2cccc(O)c2S1(=O)=O. The maximum atomic E-state index is 11.9. The van der Waals surface area contributed by atoms with Gasteiger partial charge in [0.2, 0.25) is 9.84 Å². The summed E-state index contributed by atoms with van der Waals surface area (Å²) >= 11 is 0. The van der Waals surface area contributed by atoms with E-state index < -0.39 is 9.84 Å². The van der Waals surface area contributed by atoms with Gasteiger partial charge < -0.3 is 10.4 Å².